The third-order valence-corrected chi connectivity index (χ3v) is 5.22. The van der Waals surface area contributed by atoms with Crippen LogP contribution in [0, 0.1) is 5.92 Å². The fourth-order valence-electron chi connectivity index (χ4n) is 3.47. The highest BCUT2D eigenvalue weighted by atomic mass is 19.4. The average molecular weight is 420 g/mol. The monoisotopic (exact) mass is 420 g/mol. The molecule has 8 heteroatoms. The second-order valence-electron chi connectivity index (χ2n) is 7.33. The van der Waals surface area contributed by atoms with Gasteiger partial charge in [-0.25, -0.2) is 0 Å². The van der Waals surface area contributed by atoms with Crippen LogP contribution >= 0.6 is 0 Å². The number of carbonyl (C=O) groups excluding carboxylic acids is 2. The topological polar surface area (TPSA) is 58.6 Å². The summed E-state index contributed by atoms with van der Waals surface area (Å²) in [5, 5.41) is 2.66. The highest BCUT2D eigenvalue weighted by molar-refractivity contribution is 6.03. The number of para-hydroxylation sites is 1. The van der Waals surface area contributed by atoms with E-state index >= 15 is 0 Å². The van der Waals surface area contributed by atoms with Crippen LogP contribution in [0.1, 0.15) is 38.2 Å². The summed E-state index contributed by atoms with van der Waals surface area (Å²) in [4.78, 5) is 26.9. The summed E-state index contributed by atoms with van der Waals surface area (Å²) >= 11 is 0. The normalized spacial score (nSPS) is 17.7. The van der Waals surface area contributed by atoms with Crippen molar-refractivity contribution in [2.45, 2.75) is 39.0 Å². The molecule has 0 aliphatic carbocycles. The molecule has 1 heterocycles. The number of anilines is 2. The van der Waals surface area contributed by atoms with E-state index in [2.05, 4.69) is 23.9 Å². The van der Waals surface area contributed by atoms with Crippen LogP contribution in [0.4, 0.5) is 24.5 Å². The van der Waals surface area contributed by atoms with Gasteiger partial charge in [-0.3, -0.25) is 9.59 Å². The number of carbonyl (C=O) groups is 2. The Kier molecular flexibility index (Phi) is 6.34. The molecule has 3 rings (SSSR count). The van der Waals surface area contributed by atoms with Gasteiger partial charge >= 0.3 is 6.36 Å². The maximum absolute atomic E-state index is 12.6. The van der Waals surface area contributed by atoms with Gasteiger partial charge in [-0.2, -0.15) is 0 Å². The molecule has 0 radical (unpaired) electrons. The number of halogens is 3. The van der Waals surface area contributed by atoms with E-state index in [1.807, 2.05) is 24.3 Å². The van der Waals surface area contributed by atoms with Crippen molar-refractivity contribution in [1.29, 1.82) is 0 Å². The van der Waals surface area contributed by atoms with Gasteiger partial charge < -0.3 is 15.0 Å². The molecule has 30 heavy (non-hydrogen) atoms. The molecule has 1 aliphatic heterocycles. The number of ether oxygens (including phenoxy) is 1. The van der Waals surface area contributed by atoms with E-state index < -0.39 is 12.3 Å². The molecule has 160 valence electrons. The lowest BCUT2D eigenvalue weighted by atomic mass is 9.96. The van der Waals surface area contributed by atoms with Crippen LogP contribution in [0.3, 0.4) is 0 Å². The van der Waals surface area contributed by atoms with Crippen molar-refractivity contribution >= 4 is 23.2 Å². The van der Waals surface area contributed by atoms with Crippen LogP contribution in [-0.2, 0) is 9.59 Å². The Labute approximate surface area is 172 Å². The molecule has 1 fully saturated rings. The quantitative estimate of drug-likeness (QED) is 0.708. The molecule has 2 aromatic rings. The Morgan fingerprint density at radius 3 is 2.50 bits per heavy atom. The number of amides is 2. The van der Waals surface area contributed by atoms with Crippen LogP contribution in [0.5, 0.6) is 5.75 Å². The van der Waals surface area contributed by atoms with E-state index in [1.165, 1.54) is 12.1 Å². The predicted octanol–water partition coefficient (Wildman–Crippen LogP) is 5.09. The van der Waals surface area contributed by atoms with E-state index in [9.17, 15) is 22.8 Å². The Bertz CT molecular complexity index is 913. The summed E-state index contributed by atoms with van der Waals surface area (Å²) in [6, 6.07) is 12.6. The minimum absolute atomic E-state index is 0.0793. The summed E-state index contributed by atoms with van der Waals surface area (Å²) in [5.74, 6) is -1.12. The number of rotatable bonds is 6. The van der Waals surface area contributed by atoms with E-state index in [4.69, 9.17) is 0 Å². The molecule has 1 aliphatic rings. The highest BCUT2D eigenvalue weighted by Gasteiger charge is 2.36. The Morgan fingerprint density at radius 1 is 1.20 bits per heavy atom. The smallest absolute Gasteiger partial charge is 0.406 e. The van der Waals surface area contributed by atoms with Crippen molar-refractivity contribution in [2.75, 3.05) is 16.8 Å². The Morgan fingerprint density at radius 2 is 1.87 bits per heavy atom. The third kappa shape index (κ3) is 5.11. The number of alkyl halides is 3. The van der Waals surface area contributed by atoms with Crippen molar-refractivity contribution in [3.05, 3.63) is 54.1 Å². The zero-order chi connectivity index (χ0) is 21.9. The molecule has 0 saturated carbocycles. The average Bonchev–Trinajstić information content (AvgIpc) is 3.09. The molecule has 5 nitrogen and oxygen atoms in total. The van der Waals surface area contributed by atoms with Gasteiger partial charge in [-0.1, -0.05) is 32.0 Å². The van der Waals surface area contributed by atoms with Gasteiger partial charge in [-0.15, -0.1) is 13.2 Å². The predicted molar refractivity (Wildman–Crippen MR) is 107 cm³/mol. The van der Waals surface area contributed by atoms with E-state index in [-0.39, 0.29) is 36.4 Å². The first-order chi connectivity index (χ1) is 14.2. The largest absolute Gasteiger partial charge is 0.573 e. The van der Waals surface area contributed by atoms with Crippen molar-refractivity contribution in [1.82, 2.24) is 0 Å². The van der Waals surface area contributed by atoms with E-state index in [1.54, 1.807) is 4.90 Å². The SMILES string of the molecule is CC[C@@H](C)c1ccccc1N1C[C@@H](C(=O)Nc2ccc(OC(F)(F)F)cc2)CC1=O. The number of nitrogens with zero attached hydrogens (tertiary/aromatic N) is 1. The number of benzene rings is 2. The lowest BCUT2D eigenvalue weighted by molar-refractivity contribution is -0.274. The van der Waals surface area contributed by atoms with Gasteiger partial charge in [0.15, 0.2) is 0 Å². The first kappa shape index (κ1) is 21.7. The molecule has 2 atom stereocenters. The second-order valence-corrected chi connectivity index (χ2v) is 7.33. The molecule has 0 unspecified atom stereocenters. The second kappa shape index (κ2) is 8.77. The van der Waals surface area contributed by atoms with Crippen molar-refractivity contribution < 1.29 is 27.5 Å². The molecule has 1 N–H and O–H groups in total. The van der Waals surface area contributed by atoms with Crippen molar-refractivity contribution in [3.8, 4) is 5.75 Å². The van der Waals surface area contributed by atoms with Crippen LogP contribution in [0.2, 0.25) is 0 Å². The maximum atomic E-state index is 12.6. The van der Waals surface area contributed by atoms with E-state index in [0.717, 1.165) is 29.8 Å². The fraction of sp³-hybridized carbons (Fsp3) is 0.364. The van der Waals surface area contributed by atoms with Gasteiger partial charge in [-0.05, 0) is 48.2 Å². The van der Waals surface area contributed by atoms with Gasteiger partial charge in [0.2, 0.25) is 11.8 Å². The van der Waals surface area contributed by atoms with E-state index in [0.29, 0.717) is 5.69 Å². The number of hydrogen-bond acceptors (Lipinski definition) is 3. The van der Waals surface area contributed by atoms with Gasteiger partial charge in [0.05, 0.1) is 5.92 Å². The molecule has 0 bridgehead atoms. The summed E-state index contributed by atoms with van der Waals surface area (Å²) in [7, 11) is 0. The molecular formula is C22H23F3N2O3. The minimum Gasteiger partial charge on any atom is -0.406 e. The van der Waals surface area contributed by atoms with Gasteiger partial charge in [0, 0.05) is 24.3 Å². The summed E-state index contributed by atoms with van der Waals surface area (Å²) in [6.45, 7) is 4.43. The molecule has 0 spiro atoms. The van der Waals surface area contributed by atoms with Crippen LogP contribution < -0.4 is 15.0 Å². The first-order valence-electron chi connectivity index (χ1n) is 9.74. The van der Waals surface area contributed by atoms with Crippen LogP contribution in [0.25, 0.3) is 0 Å². The van der Waals surface area contributed by atoms with Crippen LogP contribution in [-0.4, -0.2) is 24.7 Å². The fourth-order valence-corrected chi connectivity index (χ4v) is 3.47. The molecule has 1 saturated heterocycles. The third-order valence-electron chi connectivity index (χ3n) is 5.22. The molecular weight excluding hydrogens is 397 g/mol. The summed E-state index contributed by atoms with van der Waals surface area (Å²) in [6.07, 6.45) is -3.77. The highest BCUT2D eigenvalue weighted by Crippen LogP contribution is 2.34. The van der Waals surface area contributed by atoms with Crippen molar-refractivity contribution in [3.63, 3.8) is 0 Å². The zero-order valence-corrected chi connectivity index (χ0v) is 16.7. The number of hydrogen-bond donors (Lipinski definition) is 1. The maximum Gasteiger partial charge on any atom is 0.573 e. The lowest BCUT2D eigenvalue weighted by Crippen LogP contribution is -2.29. The Hall–Kier alpha value is -3.03. The summed E-state index contributed by atoms with van der Waals surface area (Å²) in [5.41, 5.74) is 2.22. The summed E-state index contributed by atoms with van der Waals surface area (Å²) < 4.78 is 40.5. The first-order valence-corrected chi connectivity index (χ1v) is 9.74. The Balaban J connectivity index is 1.67. The van der Waals surface area contributed by atoms with Crippen molar-refractivity contribution in [2.24, 2.45) is 5.92 Å². The molecule has 2 amide bonds. The zero-order valence-electron chi connectivity index (χ0n) is 16.7. The van der Waals surface area contributed by atoms with Gasteiger partial charge in [0.1, 0.15) is 5.75 Å². The lowest BCUT2D eigenvalue weighted by Gasteiger charge is -2.23. The number of nitrogens with one attached hydrogen (secondary N) is 1. The van der Waals surface area contributed by atoms with Crippen LogP contribution in [0.15, 0.2) is 48.5 Å². The van der Waals surface area contributed by atoms with Gasteiger partial charge in [0.25, 0.3) is 0 Å². The molecule has 2 aromatic carbocycles. The standard InChI is InChI=1S/C22H23F3N2O3/c1-3-14(2)18-6-4-5-7-19(18)27-13-15(12-20(27)28)21(29)26-16-8-10-17(11-9-16)30-22(23,24)25/h4-11,14-15H,3,12-13H2,1-2H3,(H,26,29)/t14-,15+/m1/s1. The minimum atomic E-state index is -4.77. The molecule has 0 aromatic heterocycles.